The van der Waals surface area contributed by atoms with Crippen LogP contribution in [0.2, 0.25) is 0 Å². The summed E-state index contributed by atoms with van der Waals surface area (Å²) in [6.45, 7) is 0. The zero-order valence-corrected chi connectivity index (χ0v) is 11.9. The average molecular weight is 288 g/mol. The van der Waals surface area contributed by atoms with Crippen molar-refractivity contribution in [2.24, 2.45) is 0 Å². The molecule has 20 heavy (non-hydrogen) atoms. The molecule has 1 aromatic heterocycles. The lowest BCUT2D eigenvalue weighted by Gasteiger charge is -2.03. The van der Waals surface area contributed by atoms with Crippen LogP contribution >= 0.6 is 11.8 Å². The molecule has 3 rings (SSSR count). The summed E-state index contributed by atoms with van der Waals surface area (Å²) in [5.41, 5.74) is 2.08. The summed E-state index contributed by atoms with van der Waals surface area (Å²) in [5, 5.41) is 6.81. The van der Waals surface area contributed by atoms with Crippen LogP contribution in [0.15, 0.2) is 39.8 Å². The molecule has 0 spiro atoms. The summed E-state index contributed by atoms with van der Waals surface area (Å²) in [4.78, 5) is 13.1. The normalized spacial score (nSPS) is 13.2. The van der Waals surface area contributed by atoms with Crippen LogP contribution in [0.5, 0.6) is 0 Å². The third-order valence-corrected chi connectivity index (χ3v) is 4.32. The third-order valence-electron chi connectivity index (χ3n) is 3.30. The molecule has 1 N–H and O–H groups in total. The topological polar surface area (TPSA) is 55.1 Å². The molecule has 0 aliphatic heterocycles. The van der Waals surface area contributed by atoms with Gasteiger partial charge in [0.2, 0.25) is 11.8 Å². The molecule has 1 heterocycles. The molecule has 0 atom stereocenters. The number of nitrogens with one attached hydrogen (secondary N) is 1. The lowest BCUT2D eigenvalue weighted by Crippen LogP contribution is -2.12. The maximum Gasteiger partial charge on any atom is 0.234 e. The number of rotatable bonds is 5. The van der Waals surface area contributed by atoms with Crippen LogP contribution in [-0.4, -0.2) is 16.8 Å². The molecule has 0 saturated heterocycles. The predicted molar refractivity (Wildman–Crippen MR) is 78.9 cm³/mol. The van der Waals surface area contributed by atoms with E-state index in [0.29, 0.717) is 12.3 Å². The van der Waals surface area contributed by atoms with Crippen LogP contribution in [0.4, 0.5) is 5.88 Å². The van der Waals surface area contributed by atoms with E-state index in [2.05, 4.69) is 10.5 Å². The molecular weight excluding hydrogens is 272 g/mol. The number of nitrogens with zero attached hydrogens (tertiary/aromatic N) is 1. The Kier molecular flexibility index (Phi) is 4.06. The molecule has 0 bridgehead atoms. The van der Waals surface area contributed by atoms with Gasteiger partial charge in [0, 0.05) is 22.6 Å². The molecule has 4 nitrogen and oxygen atoms in total. The van der Waals surface area contributed by atoms with Crippen LogP contribution in [0.1, 0.15) is 24.1 Å². The average Bonchev–Trinajstić information content (AvgIpc) is 3.05. The molecule has 2 aromatic rings. The van der Waals surface area contributed by atoms with Crippen molar-refractivity contribution in [3.63, 3.8) is 0 Å². The van der Waals surface area contributed by atoms with E-state index < -0.39 is 0 Å². The van der Waals surface area contributed by atoms with Crippen LogP contribution in [0, 0.1) is 0 Å². The minimum atomic E-state index is -0.0146. The summed E-state index contributed by atoms with van der Waals surface area (Å²) in [6.07, 6.45) is 3.47. The Labute approximate surface area is 121 Å². The summed E-state index contributed by atoms with van der Waals surface area (Å²) in [5.74, 6) is 1.29. The second-order valence-corrected chi connectivity index (χ2v) is 5.92. The monoisotopic (exact) mass is 288 g/mol. The largest absolute Gasteiger partial charge is 0.338 e. The zero-order valence-electron chi connectivity index (χ0n) is 11.1. The first kappa shape index (κ1) is 13.2. The van der Waals surface area contributed by atoms with Crippen LogP contribution in [-0.2, 0) is 17.6 Å². The van der Waals surface area contributed by atoms with Crippen LogP contribution in [0.25, 0.3) is 0 Å². The quantitative estimate of drug-likeness (QED) is 0.858. The summed E-state index contributed by atoms with van der Waals surface area (Å²) >= 11 is 1.68. The summed E-state index contributed by atoms with van der Waals surface area (Å²) < 4.78 is 5.18. The molecule has 1 amide bonds. The number of benzene rings is 1. The number of carbonyl (C=O) groups excluding carboxylic acids is 1. The van der Waals surface area contributed by atoms with E-state index in [1.54, 1.807) is 11.8 Å². The fourth-order valence-electron chi connectivity index (χ4n) is 2.29. The fraction of sp³-hybridized carbons (Fsp3) is 0.333. The predicted octanol–water partition coefficient (Wildman–Crippen LogP) is 3.28. The molecule has 1 aromatic carbocycles. The van der Waals surface area contributed by atoms with Gasteiger partial charge in [-0.05, 0) is 31.4 Å². The molecular formula is C15H16N2O2S. The maximum absolute atomic E-state index is 11.9. The Morgan fingerprint density at radius 2 is 2.15 bits per heavy atom. The minimum absolute atomic E-state index is 0.0146. The van der Waals surface area contributed by atoms with E-state index in [4.69, 9.17) is 4.52 Å². The minimum Gasteiger partial charge on any atom is -0.338 e. The van der Waals surface area contributed by atoms with E-state index >= 15 is 0 Å². The Morgan fingerprint density at radius 1 is 1.30 bits per heavy atom. The highest BCUT2D eigenvalue weighted by Gasteiger charge is 2.21. The molecule has 0 radical (unpaired) electrons. The van der Waals surface area contributed by atoms with E-state index in [1.165, 1.54) is 4.90 Å². The van der Waals surface area contributed by atoms with E-state index in [9.17, 15) is 4.79 Å². The number of thioether (sulfide) groups is 1. The van der Waals surface area contributed by atoms with Gasteiger partial charge in [0.1, 0.15) is 0 Å². The van der Waals surface area contributed by atoms with Crippen molar-refractivity contribution >= 4 is 23.6 Å². The van der Waals surface area contributed by atoms with Crippen molar-refractivity contribution < 1.29 is 9.32 Å². The van der Waals surface area contributed by atoms with Gasteiger partial charge in [0.05, 0.1) is 5.69 Å². The molecule has 0 fully saturated rings. The molecule has 1 aliphatic carbocycles. The first-order valence-corrected chi connectivity index (χ1v) is 7.76. The summed E-state index contributed by atoms with van der Waals surface area (Å²) in [6, 6.07) is 10.1. The van der Waals surface area contributed by atoms with Crippen molar-refractivity contribution in [2.75, 3.05) is 11.1 Å². The highest BCUT2D eigenvalue weighted by Crippen LogP contribution is 2.28. The lowest BCUT2D eigenvalue weighted by molar-refractivity contribution is -0.115. The number of amides is 1. The second kappa shape index (κ2) is 6.13. The Hall–Kier alpha value is -1.75. The van der Waals surface area contributed by atoms with Gasteiger partial charge in [0.25, 0.3) is 0 Å². The number of fused-ring (bicyclic) bond motifs is 1. The van der Waals surface area contributed by atoms with Gasteiger partial charge in [-0.25, -0.2) is 0 Å². The van der Waals surface area contributed by atoms with Crippen molar-refractivity contribution in [3.8, 4) is 0 Å². The van der Waals surface area contributed by atoms with Crippen molar-refractivity contribution in [2.45, 2.75) is 30.6 Å². The van der Waals surface area contributed by atoms with Crippen molar-refractivity contribution in [3.05, 3.63) is 41.6 Å². The van der Waals surface area contributed by atoms with Gasteiger partial charge in [-0.3, -0.25) is 10.1 Å². The first-order chi connectivity index (χ1) is 9.83. The van der Waals surface area contributed by atoms with Gasteiger partial charge in [-0.1, -0.05) is 23.4 Å². The fourth-order valence-corrected chi connectivity index (χ4v) is 3.17. The number of aromatic nitrogens is 1. The van der Waals surface area contributed by atoms with E-state index in [-0.39, 0.29) is 5.91 Å². The number of anilines is 1. The Balaban J connectivity index is 1.48. The van der Waals surface area contributed by atoms with Crippen molar-refractivity contribution in [1.82, 2.24) is 5.16 Å². The van der Waals surface area contributed by atoms with E-state index in [0.717, 1.165) is 36.3 Å². The van der Waals surface area contributed by atoms with Gasteiger partial charge in [-0.2, -0.15) is 0 Å². The molecule has 0 unspecified atom stereocenters. The SMILES string of the molecule is O=C(CCSc1ccccc1)Nc1onc2c1CCC2. The standard InChI is InChI=1S/C15H16N2O2S/c18-14(9-10-20-11-5-2-1-3-6-11)16-15-12-7-4-8-13(12)17-19-15/h1-3,5-6H,4,7-10H2,(H,16,18). The number of carbonyl (C=O) groups is 1. The highest BCUT2D eigenvalue weighted by molar-refractivity contribution is 7.99. The first-order valence-electron chi connectivity index (χ1n) is 6.78. The third kappa shape index (κ3) is 3.04. The van der Waals surface area contributed by atoms with Gasteiger partial charge < -0.3 is 4.52 Å². The second-order valence-electron chi connectivity index (χ2n) is 4.75. The van der Waals surface area contributed by atoms with Crippen molar-refractivity contribution in [1.29, 1.82) is 0 Å². The summed E-state index contributed by atoms with van der Waals surface area (Å²) in [7, 11) is 0. The number of aryl methyl sites for hydroxylation is 1. The number of hydrogen-bond donors (Lipinski definition) is 1. The van der Waals surface area contributed by atoms with Gasteiger partial charge >= 0.3 is 0 Å². The van der Waals surface area contributed by atoms with Gasteiger partial charge in [0.15, 0.2) is 0 Å². The van der Waals surface area contributed by atoms with Crippen LogP contribution in [0.3, 0.4) is 0 Å². The molecule has 5 heteroatoms. The molecule has 104 valence electrons. The molecule has 1 aliphatic rings. The van der Waals surface area contributed by atoms with Gasteiger partial charge in [-0.15, -0.1) is 11.8 Å². The Morgan fingerprint density at radius 3 is 3.00 bits per heavy atom. The highest BCUT2D eigenvalue weighted by atomic mass is 32.2. The smallest absolute Gasteiger partial charge is 0.234 e. The Bertz CT molecular complexity index is 595. The maximum atomic E-state index is 11.9. The number of hydrogen-bond acceptors (Lipinski definition) is 4. The lowest BCUT2D eigenvalue weighted by atomic mass is 10.2. The van der Waals surface area contributed by atoms with E-state index in [1.807, 2.05) is 30.3 Å². The van der Waals surface area contributed by atoms with Crippen LogP contribution < -0.4 is 5.32 Å². The zero-order chi connectivity index (χ0) is 13.8. The molecule has 0 saturated carbocycles.